The molecule has 2 aromatic carbocycles. The van der Waals surface area contributed by atoms with E-state index in [1.54, 1.807) is 14.2 Å². The maximum Gasteiger partial charge on any atom is 0.234 e. The van der Waals surface area contributed by atoms with Crippen LogP contribution >= 0.6 is 0 Å². The van der Waals surface area contributed by atoms with Crippen LogP contribution in [0.1, 0.15) is 36.9 Å². The fraction of sp³-hybridized carbons (Fsp3) is 0.458. The molecule has 0 saturated carbocycles. The molecule has 1 aliphatic rings. The molecular formula is C24H33N3O3. The van der Waals surface area contributed by atoms with Crippen LogP contribution in [0, 0.1) is 6.92 Å². The third-order valence-electron chi connectivity index (χ3n) is 5.74. The molecule has 6 heteroatoms. The highest BCUT2D eigenvalue weighted by molar-refractivity contribution is 5.78. The van der Waals surface area contributed by atoms with E-state index in [4.69, 9.17) is 9.47 Å². The van der Waals surface area contributed by atoms with Gasteiger partial charge in [-0.3, -0.25) is 9.69 Å². The minimum absolute atomic E-state index is 0.0256. The molecule has 3 rings (SSSR count). The molecule has 6 nitrogen and oxygen atoms in total. The van der Waals surface area contributed by atoms with Crippen LogP contribution < -0.4 is 20.1 Å². The van der Waals surface area contributed by atoms with Gasteiger partial charge in [0, 0.05) is 30.4 Å². The first-order valence-electron chi connectivity index (χ1n) is 10.6. The van der Waals surface area contributed by atoms with E-state index >= 15 is 0 Å². The van der Waals surface area contributed by atoms with Crippen molar-refractivity contribution in [3.05, 3.63) is 53.6 Å². The van der Waals surface area contributed by atoms with Crippen molar-refractivity contribution in [2.75, 3.05) is 39.2 Å². The summed E-state index contributed by atoms with van der Waals surface area (Å²) in [5.74, 6) is 1.51. The van der Waals surface area contributed by atoms with Crippen molar-refractivity contribution in [2.24, 2.45) is 0 Å². The monoisotopic (exact) mass is 411 g/mol. The summed E-state index contributed by atoms with van der Waals surface area (Å²) in [6.45, 7) is 6.32. The zero-order chi connectivity index (χ0) is 21.5. The van der Waals surface area contributed by atoms with Crippen molar-refractivity contribution < 1.29 is 14.3 Å². The zero-order valence-electron chi connectivity index (χ0n) is 18.4. The van der Waals surface area contributed by atoms with E-state index in [-0.39, 0.29) is 11.9 Å². The zero-order valence-corrected chi connectivity index (χ0v) is 18.4. The topological polar surface area (TPSA) is 62.8 Å². The van der Waals surface area contributed by atoms with Crippen LogP contribution in [0.5, 0.6) is 11.5 Å². The molecule has 2 N–H and O–H groups in total. The molecular weight excluding hydrogens is 378 g/mol. The maximum absolute atomic E-state index is 12.6. The highest BCUT2D eigenvalue weighted by Gasteiger charge is 2.22. The van der Waals surface area contributed by atoms with Crippen molar-refractivity contribution in [1.82, 2.24) is 10.2 Å². The highest BCUT2D eigenvalue weighted by Crippen LogP contribution is 2.29. The molecule has 1 atom stereocenters. The lowest BCUT2D eigenvalue weighted by Crippen LogP contribution is -2.44. The van der Waals surface area contributed by atoms with Crippen LogP contribution in [-0.4, -0.2) is 50.7 Å². The van der Waals surface area contributed by atoms with Gasteiger partial charge < -0.3 is 20.1 Å². The normalized spacial score (nSPS) is 16.0. The summed E-state index contributed by atoms with van der Waals surface area (Å²) in [6, 6.07) is 14.3. The van der Waals surface area contributed by atoms with Crippen molar-refractivity contribution in [3.63, 3.8) is 0 Å². The number of para-hydroxylation sites is 1. The van der Waals surface area contributed by atoms with E-state index in [1.165, 1.54) is 11.3 Å². The van der Waals surface area contributed by atoms with Crippen molar-refractivity contribution in [1.29, 1.82) is 0 Å². The van der Waals surface area contributed by atoms with Gasteiger partial charge >= 0.3 is 0 Å². The van der Waals surface area contributed by atoms with Gasteiger partial charge in [0.15, 0.2) is 0 Å². The molecule has 1 aliphatic heterocycles. The number of anilines is 1. The molecule has 0 aliphatic carbocycles. The molecule has 162 valence electrons. The summed E-state index contributed by atoms with van der Waals surface area (Å²) in [5, 5.41) is 6.74. The summed E-state index contributed by atoms with van der Waals surface area (Å²) in [6.07, 6.45) is 2.06. The SMILES string of the molecule is COc1ccc(OC)c([C@@H](C)NC(=O)CN2CCC(Nc3ccccc3C)CC2)c1. The number of aryl methyl sites for hydroxylation is 1. The van der Waals surface area contributed by atoms with E-state index in [9.17, 15) is 4.79 Å². The van der Waals surface area contributed by atoms with Crippen molar-refractivity contribution >= 4 is 11.6 Å². The van der Waals surface area contributed by atoms with Gasteiger partial charge in [-0.2, -0.15) is 0 Å². The lowest BCUT2D eigenvalue weighted by molar-refractivity contribution is -0.123. The van der Waals surface area contributed by atoms with Crippen LogP contribution in [0.4, 0.5) is 5.69 Å². The quantitative estimate of drug-likeness (QED) is 0.692. The number of carbonyl (C=O) groups excluding carboxylic acids is 1. The Morgan fingerprint density at radius 1 is 1.13 bits per heavy atom. The van der Waals surface area contributed by atoms with Crippen LogP contribution in [0.15, 0.2) is 42.5 Å². The van der Waals surface area contributed by atoms with Crippen LogP contribution in [0.25, 0.3) is 0 Å². The Labute approximate surface area is 179 Å². The van der Waals surface area contributed by atoms with Gasteiger partial charge in [0.05, 0.1) is 26.8 Å². The molecule has 0 aromatic heterocycles. The molecule has 0 radical (unpaired) electrons. The number of amides is 1. The second-order valence-electron chi connectivity index (χ2n) is 7.91. The predicted octanol–water partition coefficient (Wildman–Crippen LogP) is 3.77. The van der Waals surface area contributed by atoms with Gasteiger partial charge in [-0.05, 0) is 56.5 Å². The molecule has 1 fully saturated rings. The van der Waals surface area contributed by atoms with E-state index in [2.05, 4.69) is 46.7 Å². The summed E-state index contributed by atoms with van der Waals surface area (Å²) < 4.78 is 10.8. The maximum atomic E-state index is 12.6. The first-order chi connectivity index (χ1) is 14.5. The van der Waals surface area contributed by atoms with Gasteiger partial charge in [0.2, 0.25) is 5.91 Å². The Morgan fingerprint density at radius 3 is 2.53 bits per heavy atom. The Morgan fingerprint density at radius 2 is 1.87 bits per heavy atom. The Hall–Kier alpha value is -2.73. The first-order valence-corrected chi connectivity index (χ1v) is 10.6. The number of likely N-dealkylation sites (tertiary alicyclic amines) is 1. The van der Waals surface area contributed by atoms with Gasteiger partial charge in [0.1, 0.15) is 11.5 Å². The summed E-state index contributed by atoms with van der Waals surface area (Å²) in [5.41, 5.74) is 3.38. The van der Waals surface area contributed by atoms with Crippen LogP contribution in [-0.2, 0) is 4.79 Å². The number of hydrogen-bond donors (Lipinski definition) is 2. The van der Waals surface area contributed by atoms with Crippen LogP contribution in [0.2, 0.25) is 0 Å². The fourth-order valence-corrected chi connectivity index (χ4v) is 3.94. The van der Waals surface area contributed by atoms with Crippen molar-refractivity contribution in [3.8, 4) is 11.5 Å². The lowest BCUT2D eigenvalue weighted by atomic mass is 10.0. The number of ether oxygens (including phenoxy) is 2. The van der Waals surface area contributed by atoms with E-state index < -0.39 is 0 Å². The fourth-order valence-electron chi connectivity index (χ4n) is 3.94. The van der Waals surface area contributed by atoms with Gasteiger partial charge in [-0.15, -0.1) is 0 Å². The number of nitrogens with one attached hydrogen (secondary N) is 2. The number of rotatable bonds is 8. The average molecular weight is 412 g/mol. The number of methoxy groups -OCH3 is 2. The lowest BCUT2D eigenvalue weighted by Gasteiger charge is -2.33. The molecule has 0 bridgehead atoms. The second-order valence-corrected chi connectivity index (χ2v) is 7.91. The van der Waals surface area contributed by atoms with E-state index in [0.29, 0.717) is 12.6 Å². The molecule has 1 saturated heterocycles. The number of piperidine rings is 1. The third kappa shape index (κ3) is 5.66. The molecule has 0 spiro atoms. The summed E-state index contributed by atoms with van der Waals surface area (Å²) in [7, 11) is 3.27. The van der Waals surface area contributed by atoms with Gasteiger partial charge in [-0.25, -0.2) is 0 Å². The molecule has 0 unspecified atom stereocenters. The second kappa shape index (κ2) is 10.3. The van der Waals surface area contributed by atoms with Crippen LogP contribution in [0.3, 0.4) is 0 Å². The Kier molecular flexibility index (Phi) is 7.57. The summed E-state index contributed by atoms with van der Waals surface area (Å²) >= 11 is 0. The summed E-state index contributed by atoms with van der Waals surface area (Å²) in [4.78, 5) is 14.8. The Balaban J connectivity index is 1.49. The first kappa shape index (κ1) is 22.0. The van der Waals surface area contributed by atoms with E-state index in [0.717, 1.165) is 43.0 Å². The number of hydrogen-bond acceptors (Lipinski definition) is 5. The number of benzene rings is 2. The van der Waals surface area contributed by atoms with Gasteiger partial charge in [0.25, 0.3) is 0 Å². The minimum Gasteiger partial charge on any atom is -0.497 e. The number of carbonyl (C=O) groups is 1. The standard InChI is InChI=1S/C24H33N3O3/c1-17-7-5-6-8-22(17)26-19-11-13-27(14-12-19)16-24(28)25-18(2)21-15-20(29-3)9-10-23(21)30-4/h5-10,15,18-19,26H,11-14,16H2,1-4H3,(H,25,28)/t18-/m1/s1. The Bertz CT molecular complexity index is 847. The molecule has 1 amide bonds. The van der Waals surface area contributed by atoms with E-state index in [1.807, 2.05) is 25.1 Å². The largest absolute Gasteiger partial charge is 0.497 e. The average Bonchev–Trinajstić information content (AvgIpc) is 2.76. The van der Waals surface area contributed by atoms with Gasteiger partial charge in [-0.1, -0.05) is 18.2 Å². The smallest absolute Gasteiger partial charge is 0.234 e. The molecule has 2 aromatic rings. The third-order valence-corrected chi connectivity index (χ3v) is 5.74. The minimum atomic E-state index is -0.164. The highest BCUT2D eigenvalue weighted by atomic mass is 16.5. The predicted molar refractivity (Wildman–Crippen MR) is 120 cm³/mol. The van der Waals surface area contributed by atoms with Crippen molar-refractivity contribution in [2.45, 2.75) is 38.8 Å². The molecule has 30 heavy (non-hydrogen) atoms. The number of nitrogens with zero attached hydrogens (tertiary/aromatic N) is 1. The molecule has 1 heterocycles.